The number of benzene rings is 1. The molecule has 130 valence electrons. The first-order valence-electron chi connectivity index (χ1n) is 8.69. The van der Waals surface area contributed by atoms with E-state index in [1.807, 2.05) is 12.1 Å². The van der Waals surface area contributed by atoms with Crippen LogP contribution in [0.3, 0.4) is 0 Å². The minimum Gasteiger partial charge on any atom is -0.481 e. The Morgan fingerprint density at radius 2 is 1.92 bits per heavy atom. The van der Waals surface area contributed by atoms with Gasteiger partial charge in [0, 0.05) is 13.1 Å². The van der Waals surface area contributed by atoms with E-state index >= 15 is 0 Å². The van der Waals surface area contributed by atoms with E-state index in [-0.39, 0.29) is 24.1 Å². The molecule has 0 amide bonds. The van der Waals surface area contributed by atoms with Gasteiger partial charge in [0.1, 0.15) is 0 Å². The largest absolute Gasteiger partial charge is 0.481 e. The molecular weight excluding hydrogens is 326 g/mol. The highest BCUT2D eigenvalue weighted by Crippen LogP contribution is 2.49. The van der Waals surface area contributed by atoms with E-state index in [9.17, 15) is 18.3 Å². The second kappa shape index (κ2) is 5.56. The highest BCUT2D eigenvalue weighted by atomic mass is 32.2. The Bertz CT molecular complexity index is 750. The average molecular weight is 349 g/mol. The molecular formula is C18H23NO4S. The third-order valence-corrected chi connectivity index (χ3v) is 8.20. The molecule has 2 fully saturated rings. The van der Waals surface area contributed by atoms with Crippen LogP contribution in [0.15, 0.2) is 24.3 Å². The normalized spacial score (nSPS) is 30.4. The van der Waals surface area contributed by atoms with E-state index in [1.54, 1.807) is 0 Å². The predicted molar refractivity (Wildman–Crippen MR) is 90.1 cm³/mol. The molecule has 0 unspecified atom stereocenters. The molecule has 6 heteroatoms. The Balaban J connectivity index is 1.48. The second-order valence-electron chi connectivity index (χ2n) is 7.66. The highest BCUT2D eigenvalue weighted by molar-refractivity contribution is 7.89. The van der Waals surface area contributed by atoms with Gasteiger partial charge in [-0.1, -0.05) is 30.7 Å². The fraction of sp³-hybridized carbons (Fsp3) is 0.611. The molecule has 0 radical (unpaired) electrons. The molecule has 4 rings (SSSR count). The van der Waals surface area contributed by atoms with Gasteiger partial charge in [-0.25, -0.2) is 12.7 Å². The lowest BCUT2D eigenvalue weighted by molar-refractivity contribution is -0.149. The molecule has 2 atom stereocenters. The second-order valence-corrected chi connectivity index (χ2v) is 9.68. The lowest BCUT2D eigenvalue weighted by Crippen LogP contribution is -2.38. The highest BCUT2D eigenvalue weighted by Gasteiger charge is 2.57. The summed E-state index contributed by atoms with van der Waals surface area (Å²) in [6, 6.07) is 8.13. The van der Waals surface area contributed by atoms with Crippen molar-refractivity contribution in [3.8, 4) is 0 Å². The Morgan fingerprint density at radius 1 is 1.25 bits per heavy atom. The summed E-state index contributed by atoms with van der Waals surface area (Å²) in [7, 11) is -3.40. The van der Waals surface area contributed by atoms with Crippen LogP contribution in [0.5, 0.6) is 0 Å². The van der Waals surface area contributed by atoms with Crippen LogP contribution in [0, 0.1) is 17.3 Å². The molecule has 1 aromatic carbocycles. The van der Waals surface area contributed by atoms with Crippen molar-refractivity contribution in [3.05, 3.63) is 35.4 Å². The number of hydrogen-bond donors (Lipinski definition) is 1. The third kappa shape index (κ3) is 2.47. The molecule has 1 aromatic rings. The van der Waals surface area contributed by atoms with Gasteiger partial charge in [0.15, 0.2) is 0 Å². The van der Waals surface area contributed by atoms with Crippen molar-refractivity contribution in [1.29, 1.82) is 0 Å². The number of carboxylic acids is 1. The lowest BCUT2D eigenvalue weighted by atomic mass is 9.81. The summed E-state index contributed by atoms with van der Waals surface area (Å²) in [5.41, 5.74) is 1.65. The van der Waals surface area contributed by atoms with Gasteiger partial charge >= 0.3 is 5.97 Å². The number of carboxylic acid groups (broad SMARTS) is 1. The Labute approximate surface area is 142 Å². The van der Waals surface area contributed by atoms with Gasteiger partial charge in [-0.05, 0) is 48.6 Å². The van der Waals surface area contributed by atoms with Crippen molar-refractivity contribution < 1.29 is 18.3 Å². The fourth-order valence-electron chi connectivity index (χ4n) is 4.98. The maximum absolute atomic E-state index is 12.9. The number of hydrogen-bond acceptors (Lipinski definition) is 3. The van der Waals surface area contributed by atoms with Crippen molar-refractivity contribution in [1.82, 2.24) is 4.31 Å². The molecule has 24 heavy (non-hydrogen) atoms. The van der Waals surface area contributed by atoms with E-state index in [0.29, 0.717) is 13.0 Å². The smallest absolute Gasteiger partial charge is 0.311 e. The Morgan fingerprint density at radius 3 is 2.50 bits per heavy atom. The SMILES string of the molecule is O=C(O)[C@@]12CCC[C@H]1CN(S(=O)(=O)CC1Cc3ccccc3C1)C2. The predicted octanol–water partition coefficient (Wildman–Crippen LogP) is 1.92. The number of aliphatic carboxylic acids is 1. The maximum Gasteiger partial charge on any atom is 0.311 e. The standard InChI is InChI=1S/C18H23NO4S/c20-17(21)18-7-3-6-16(18)10-19(12-18)24(22,23)11-13-8-14-4-1-2-5-15(14)9-13/h1-2,4-5,13,16H,3,6-12H2,(H,20,21)/t16-,18+/m0/s1. The maximum atomic E-state index is 12.9. The van der Waals surface area contributed by atoms with Gasteiger partial charge < -0.3 is 5.11 Å². The molecule has 0 bridgehead atoms. The molecule has 1 heterocycles. The summed E-state index contributed by atoms with van der Waals surface area (Å²) in [5.74, 6) is -0.612. The summed E-state index contributed by atoms with van der Waals surface area (Å²) in [6.45, 7) is 0.545. The Hall–Kier alpha value is -1.40. The summed E-state index contributed by atoms with van der Waals surface area (Å²) in [4.78, 5) is 11.7. The molecule has 0 spiro atoms. The molecule has 1 aliphatic heterocycles. The summed E-state index contributed by atoms with van der Waals surface area (Å²) in [6.07, 6.45) is 3.93. The first kappa shape index (κ1) is 16.1. The van der Waals surface area contributed by atoms with E-state index in [2.05, 4.69) is 12.1 Å². The van der Waals surface area contributed by atoms with E-state index in [0.717, 1.165) is 25.7 Å². The molecule has 0 aromatic heterocycles. The van der Waals surface area contributed by atoms with Crippen molar-refractivity contribution in [2.45, 2.75) is 32.1 Å². The van der Waals surface area contributed by atoms with Gasteiger partial charge in [-0.2, -0.15) is 0 Å². The quantitative estimate of drug-likeness (QED) is 0.901. The number of rotatable bonds is 4. The van der Waals surface area contributed by atoms with Crippen molar-refractivity contribution >= 4 is 16.0 Å². The van der Waals surface area contributed by atoms with Crippen LogP contribution in [-0.4, -0.2) is 42.6 Å². The molecule has 1 N–H and O–H groups in total. The number of carbonyl (C=O) groups is 1. The fourth-order valence-corrected chi connectivity index (χ4v) is 6.85. The van der Waals surface area contributed by atoms with Crippen molar-refractivity contribution in [2.75, 3.05) is 18.8 Å². The van der Waals surface area contributed by atoms with Crippen LogP contribution in [0.1, 0.15) is 30.4 Å². The third-order valence-electron chi connectivity index (χ3n) is 6.24. The van der Waals surface area contributed by atoms with Crippen LogP contribution >= 0.6 is 0 Å². The number of nitrogens with zero attached hydrogens (tertiary/aromatic N) is 1. The van der Waals surface area contributed by atoms with Crippen molar-refractivity contribution in [3.63, 3.8) is 0 Å². The van der Waals surface area contributed by atoms with Gasteiger partial charge in [-0.3, -0.25) is 4.79 Å². The van der Waals surface area contributed by atoms with Gasteiger partial charge in [0.05, 0.1) is 11.2 Å². The Kier molecular flexibility index (Phi) is 3.73. The van der Waals surface area contributed by atoms with Crippen molar-refractivity contribution in [2.24, 2.45) is 17.3 Å². The van der Waals surface area contributed by atoms with Crippen LogP contribution in [0.25, 0.3) is 0 Å². The zero-order valence-corrected chi connectivity index (χ0v) is 14.5. The average Bonchev–Trinajstić information content (AvgIpc) is 3.17. The minimum atomic E-state index is -3.40. The molecule has 2 aliphatic carbocycles. The van der Waals surface area contributed by atoms with E-state index in [4.69, 9.17) is 0 Å². The first-order chi connectivity index (χ1) is 11.4. The van der Waals surface area contributed by atoms with Crippen LogP contribution in [0.4, 0.5) is 0 Å². The monoisotopic (exact) mass is 349 g/mol. The van der Waals surface area contributed by atoms with E-state index in [1.165, 1.54) is 15.4 Å². The zero-order valence-electron chi connectivity index (χ0n) is 13.6. The summed E-state index contributed by atoms with van der Waals surface area (Å²) < 4.78 is 27.2. The van der Waals surface area contributed by atoms with Gasteiger partial charge in [0.2, 0.25) is 10.0 Å². The lowest BCUT2D eigenvalue weighted by Gasteiger charge is -2.23. The molecule has 3 aliphatic rings. The minimum absolute atomic E-state index is 0.0226. The van der Waals surface area contributed by atoms with Crippen LogP contribution < -0.4 is 0 Å². The summed E-state index contributed by atoms with van der Waals surface area (Å²) in [5, 5.41) is 9.64. The van der Waals surface area contributed by atoms with E-state index < -0.39 is 21.4 Å². The number of fused-ring (bicyclic) bond motifs is 2. The van der Waals surface area contributed by atoms with Crippen LogP contribution in [0.2, 0.25) is 0 Å². The van der Waals surface area contributed by atoms with Gasteiger partial charge in [-0.15, -0.1) is 0 Å². The first-order valence-corrected chi connectivity index (χ1v) is 10.3. The van der Waals surface area contributed by atoms with Crippen LogP contribution in [-0.2, 0) is 27.7 Å². The molecule has 1 saturated heterocycles. The number of sulfonamides is 1. The van der Waals surface area contributed by atoms with Gasteiger partial charge in [0.25, 0.3) is 0 Å². The summed E-state index contributed by atoms with van der Waals surface area (Å²) >= 11 is 0. The molecule has 5 nitrogen and oxygen atoms in total. The topological polar surface area (TPSA) is 74.7 Å². The molecule has 1 saturated carbocycles. The zero-order chi connectivity index (χ0) is 16.9.